The van der Waals surface area contributed by atoms with Crippen molar-refractivity contribution in [3.05, 3.63) is 65.2 Å². The van der Waals surface area contributed by atoms with Crippen LogP contribution in [0.4, 0.5) is 5.69 Å². The van der Waals surface area contributed by atoms with Gasteiger partial charge in [-0.1, -0.05) is 29.8 Å². The van der Waals surface area contributed by atoms with Gasteiger partial charge < -0.3 is 15.2 Å². The second-order valence-electron chi connectivity index (χ2n) is 4.59. The summed E-state index contributed by atoms with van der Waals surface area (Å²) in [7, 11) is 1.52. The molecule has 0 aromatic heterocycles. The number of hydrogen-bond donors (Lipinski definition) is 2. The molecule has 2 N–H and O–H groups in total. The fourth-order valence-electron chi connectivity index (χ4n) is 1.91. The van der Waals surface area contributed by atoms with Crippen molar-refractivity contribution in [1.29, 1.82) is 0 Å². The largest absolute Gasteiger partial charge is 0.497 e. The minimum Gasteiger partial charge on any atom is -0.497 e. The number of benzene rings is 2. The van der Waals surface area contributed by atoms with Crippen LogP contribution < -0.4 is 10.1 Å². The molecule has 1 amide bonds. The van der Waals surface area contributed by atoms with Gasteiger partial charge in [0.2, 0.25) is 5.91 Å². The summed E-state index contributed by atoms with van der Waals surface area (Å²) in [5.74, 6) is -1.17. The summed E-state index contributed by atoms with van der Waals surface area (Å²) >= 11 is 5.78. The lowest BCUT2D eigenvalue weighted by Gasteiger charge is -2.06. The number of amides is 1. The highest BCUT2D eigenvalue weighted by Gasteiger charge is 2.13. The molecule has 0 spiro atoms. The van der Waals surface area contributed by atoms with Crippen LogP contribution in [0.3, 0.4) is 0 Å². The van der Waals surface area contributed by atoms with Crippen LogP contribution in [0, 0.1) is 0 Å². The maximum atomic E-state index is 12.0. The molecule has 0 bridgehead atoms. The standard InChI is InChI=1S/C17H14ClNO4/c1-23-14-4-2-3-13(9-14)19-16(20)10-15(17(21)22)11-5-7-12(18)8-6-11/h2-10H,1H3,(H,19,20)(H,21,22)/b15-10-. The van der Waals surface area contributed by atoms with Gasteiger partial charge in [0.1, 0.15) is 5.75 Å². The second kappa shape index (κ2) is 7.47. The van der Waals surface area contributed by atoms with E-state index in [9.17, 15) is 14.7 Å². The molecule has 23 heavy (non-hydrogen) atoms. The molecule has 0 saturated heterocycles. The highest BCUT2D eigenvalue weighted by Crippen LogP contribution is 2.19. The minimum absolute atomic E-state index is 0.123. The highest BCUT2D eigenvalue weighted by atomic mass is 35.5. The van der Waals surface area contributed by atoms with Crippen molar-refractivity contribution in [3.63, 3.8) is 0 Å². The van der Waals surface area contributed by atoms with Crippen LogP contribution in [0.15, 0.2) is 54.6 Å². The molecule has 118 valence electrons. The lowest BCUT2D eigenvalue weighted by atomic mass is 10.1. The van der Waals surface area contributed by atoms with E-state index in [1.807, 2.05) is 0 Å². The van der Waals surface area contributed by atoms with E-state index in [-0.39, 0.29) is 5.57 Å². The predicted octanol–water partition coefficient (Wildman–Crippen LogP) is 3.46. The van der Waals surface area contributed by atoms with Crippen molar-refractivity contribution >= 4 is 34.7 Å². The van der Waals surface area contributed by atoms with Crippen molar-refractivity contribution < 1.29 is 19.4 Å². The van der Waals surface area contributed by atoms with E-state index in [0.29, 0.717) is 22.0 Å². The first-order valence-electron chi connectivity index (χ1n) is 6.65. The Labute approximate surface area is 138 Å². The molecule has 5 nitrogen and oxygen atoms in total. The first-order chi connectivity index (χ1) is 11.0. The van der Waals surface area contributed by atoms with Crippen molar-refractivity contribution in [2.24, 2.45) is 0 Å². The normalized spacial score (nSPS) is 11.0. The number of carboxylic acid groups (broad SMARTS) is 1. The number of carbonyl (C=O) groups excluding carboxylic acids is 1. The van der Waals surface area contributed by atoms with Crippen molar-refractivity contribution in [2.75, 3.05) is 12.4 Å². The monoisotopic (exact) mass is 331 g/mol. The summed E-state index contributed by atoms with van der Waals surface area (Å²) in [6, 6.07) is 13.0. The molecule has 0 fully saturated rings. The number of carboxylic acids is 1. The first kappa shape index (κ1) is 16.6. The Bertz CT molecular complexity index is 753. The van der Waals surface area contributed by atoms with Crippen LogP contribution in [0.2, 0.25) is 5.02 Å². The molecule has 2 aromatic rings. The maximum absolute atomic E-state index is 12.0. The summed E-state index contributed by atoms with van der Waals surface area (Å²) in [5.41, 5.74) is 0.774. The third-order valence-electron chi connectivity index (χ3n) is 3.00. The molecule has 0 atom stereocenters. The lowest BCUT2D eigenvalue weighted by molar-refractivity contribution is -0.130. The van der Waals surface area contributed by atoms with Gasteiger partial charge in [-0.15, -0.1) is 0 Å². The number of nitrogens with one attached hydrogen (secondary N) is 1. The Hall–Kier alpha value is -2.79. The third kappa shape index (κ3) is 4.59. The maximum Gasteiger partial charge on any atom is 0.336 e. The Kier molecular flexibility index (Phi) is 5.38. The average Bonchev–Trinajstić information content (AvgIpc) is 2.53. The molecular weight excluding hydrogens is 318 g/mol. The topological polar surface area (TPSA) is 75.6 Å². The third-order valence-corrected chi connectivity index (χ3v) is 3.25. The second-order valence-corrected chi connectivity index (χ2v) is 5.03. The average molecular weight is 332 g/mol. The zero-order valence-corrected chi connectivity index (χ0v) is 13.0. The molecule has 0 radical (unpaired) electrons. The zero-order valence-electron chi connectivity index (χ0n) is 12.2. The van der Waals surface area contributed by atoms with E-state index in [2.05, 4.69) is 5.32 Å². The molecular formula is C17H14ClNO4. The van der Waals surface area contributed by atoms with Crippen molar-refractivity contribution in [3.8, 4) is 5.75 Å². The van der Waals surface area contributed by atoms with Gasteiger partial charge in [0.15, 0.2) is 0 Å². The fraction of sp³-hybridized carbons (Fsp3) is 0.0588. The number of anilines is 1. The van der Waals surface area contributed by atoms with Gasteiger partial charge in [-0.3, -0.25) is 4.79 Å². The minimum atomic E-state index is -1.20. The van der Waals surface area contributed by atoms with E-state index < -0.39 is 11.9 Å². The predicted molar refractivity (Wildman–Crippen MR) is 88.7 cm³/mol. The number of rotatable bonds is 5. The number of methoxy groups -OCH3 is 1. The summed E-state index contributed by atoms with van der Waals surface area (Å²) < 4.78 is 5.06. The molecule has 0 aliphatic carbocycles. The van der Waals surface area contributed by atoms with Crippen LogP contribution >= 0.6 is 11.6 Å². The van der Waals surface area contributed by atoms with E-state index in [1.165, 1.54) is 7.11 Å². The van der Waals surface area contributed by atoms with Crippen molar-refractivity contribution in [1.82, 2.24) is 0 Å². The van der Waals surface area contributed by atoms with Crippen LogP contribution in [0.5, 0.6) is 5.75 Å². The van der Waals surface area contributed by atoms with Crippen LogP contribution in [0.1, 0.15) is 5.56 Å². The molecule has 0 saturated carbocycles. The Morgan fingerprint density at radius 2 is 1.87 bits per heavy atom. The number of aliphatic carboxylic acids is 1. The van der Waals surface area contributed by atoms with Gasteiger partial charge in [-0.25, -0.2) is 4.79 Å². The van der Waals surface area contributed by atoms with Gasteiger partial charge in [-0.2, -0.15) is 0 Å². The van der Waals surface area contributed by atoms with Crippen LogP contribution in [-0.4, -0.2) is 24.1 Å². The molecule has 2 aromatic carbocycles. The first-order valence-corrected chi connectivity index (χ1v) is 7.03. The van der Waals surface area contributed by atoms with Crippen LogP contribution in [-0.2, 0) is 9.59 Å². The van der Waals surface area contributed by atoms with Crippen LogP contribution in [0.25, 0.3) is 5.57 Å². The van der Waals surface area contributed by atoms with Gasteiger partial charge in [0.25, 0.3) is 0 Å². The SMILES string of the molecule is COc1cccc(NC(=O)/C=C(\C(=O)O)c2ccc(Cl)cc2)c1. The Morgan fingerprint density at radius 3 is 2.48 bits per heavy atom. The van der Waals surface area contributed by atoms with Gasteiger partial charge in [-0.05, 0) is 29.8 Å². The summed E-state index contributed by atoms with van der Waals surface area (Å²) in [6.45, 7) is 0. The number of ether oxygens (including phenoxy) is 1. The van der Waals surface area contributed by atoms with Gasteiger partial charge in [0, 0.05) is 22.9 Å². The Morgan fingerprint density at radius 1 is 1.17 bits per heavy atom. The fourth-order valence-corrected chi connectivity index (χ4v) is 2.03. The molecule has 0 heterocycles. The van der Waals surface area contributed by atoms with Gasteiger partial charge >= 0.3 is 5.97 Å². The number of hydrogen-bond acceptors (Lipinski definition) is 3. The highest BCUT2D eigenvalue weighted by molar-refractivity contribution is 6.30. The quantitative estimate of drug-likeness (QED) is 0.823. The smallest absolute Gasteiger partial charge is 0.336 e. The summed E-state index contributed by atoms with van der Waals surface area (Å²) in [6.07, 6.45) is 1.03. The van der Waals surface area contributed by atoms with E-state index in [1.54, 1.807) is 48.5 Å². The summed E-state index contributed by atoms with van der Waals surface area (Å²) in [5, 5.41) is 12.4. The lowest BCUT2D eigenvalue weighted by Crippen LogP contribution is -2.11. The molecule has 0 aliphatic rings. The van der Waals surface area contributed by atoms with E-state index >= 15 is 0 Å². The molecule has 2 rings (SSSR count). The molecule has 6 heteroatoms. The van der Waals surface area contributed by atoms with Gasteiger partial charge in [0.05, 0.1) is 12.7 Å². The van der Waals surface area contributed by atoms with E-state index in [4.69, 9.17) is 16.3 Å². The molecule has 0 aliphatic heterocycles. The van der Waals surface area contributed by atoms with Crippen molar-refractivity contribution in [2.45, 2.75) is 0 Å². The summed E-state index contributed by atoms with van der Waals surface area (Å²) in [4.78, 5) is 23.4. The number of halogens is 1. The Balaban J connectivity index is 2.23. The zero-order chi connectivity index (χ0) is 16.8. The number of carbonyl (C=O) groups is 2. The van der Waals surface area contributed by atoms with E-state index in [0.717, 1.165) is 6.08 Å². The molecule has 0 unspecified atom stereocenters.